The summed E-state index contributed by atoms with van der Waals surface area (Å²) in [6, 6.07) is 7.88. The standard InChI is InChI=1S/C18H24N2O2/c1-13-8-10-15(11-9-13)20-17(21)12-16(18(20)22)19-14-6-4-2-3-5-7-14/h8-11,14,16,19H,2-7,12H2,1H3/p+1/t16-/m0/s1. The smallest absolute Gasteiger partial charge is 0.292 e. The lowest BCUT2D eigenvalue weighted by Gasteiger charge is -2.18. The molecular formula is C18H25N2O2+. The molecule has 2 N–H and O–H groups in total. The van der Waals surface area contributed by atoms with Gasteiger partial charge in [-0.25, -0.2) is 4.90 Å². The lowest BCUT2D eigenvalue weighted by Crippen LogP contribution is -2.96. The highest BCUT2D eigenvalue weighted by atomic mass is 16.2. The van der Waals surface area contributed by atoms with Gasteiger partial charge in [-0.3, -0.25) is 9.59 Å². The number of rotatable bonds is 3. The molecule has 0 spiro atoms. The maximum Gasteiger partial charge on any atom is 0.292 e. The molecule has 118 valence electrons. The van der Waals surface area contributed by atoms with E-state index >= 15 is 0 Å². The zero-order chi connectivity index (χ0) is 15.5. The van der Waals surface area contributed by atoms with Crippen LogP contribution in [0, 0.1) is 6.92 Å². The van der Waals surface area contributed by atoms with Gasteiger partial charge in [-0.1, -0.05) is 30.5 Å². The Bertz CT molecular complexity index is 545. The van der Waals surface area contributed by atoms with Gasteiger partial charge >= 0.3 is 0 Å². The fourth-order valence-electron chi connectivity index (χ4n) is 3.60. The van der Waals surface area contributed by atoms with Crippen LogP contribution in [0.1, 0.15) is 50.5 Å². The van der Waals surface area contributed by atoms with Crippen molar-refractivity contribution in [3.8, 4) is 0 Å². The van der Waals surface area contributed by atoms with Gasteiger partial charge in [0, 0.05) is 0 Å². The summed E-state index contributed by atoms with van der Waals surface area (Å²) in [5, 5.41) is 2.17. The number of quaternary nitrogens is 1. The van der Waals surface area contributed by atoms with Gasteiger partial charge in [0.15, 0.2) is 6.04 Å². The van der Waals surface area contributed by atoms with Crippen molar-refractivity contribution in [3.05, 3.63) is 29.8 Å². The number of hydrogen-bond donors (Lipinski definition) is 1. The average Bonchev–Trinajstić information content (AvgIpc) is 2.70. The van der Waals surface area contributed by atoms with E-state index in [0.29, 0.717) is 18.2 Å². The van der Waals surface area contributed by atoms with E-state index in [9.17, 15) is 9.59 Å². The van der Waals surface area contributed by atoms with E-state index in [1.165, 1.54) is 43.4 Å². The molecule has 22 heavy (non-hydrogen) atoms. The summed E-state index contributed by atoms with van der Waals surface area (Å²) >= 11 is 0. The number of nitrogens with zero attached hydrogens (tertiary/aromatic N) is 1. The molecule has 4 nitrogen and oxygen atoms in total. The van der Waals surface area contributed by atoms with E-state index in [0.717, 1.165) is 5.56 Å². The van der Waals surface area contributed by atoms with E-state index in [1.54, 1.807) is 0 Å². The van der Waals surface area contributed by atoms with Crippen LogP contribution in [0.25, 0.3) is 0 Å². The number of anilines is 1. The number of carbonyl (C=O) groups is 2. The summed E-state index contributed by atoms with van der Waals surface area (Å²) in [5.41, 5.74) is 1.83. The SMILES string of the molecule is Cc1ccc(N2C(=O)C[C@H]([NH2+]C3CCCCCC3)C2=O)cc1. The van der Waals surface area contributed by atoms with E-state index in [2.05, 4.69) is 5.32 Å². The van der Waals surface area contributed by atoms with Crippen LogP contribution in [0.2, 0.25) is 0 Å². The van der Waals surface area contributed by atoms with Gasteiger partial charge in [0.05, 0.1) is 18.2 Å². The van der Waals surface area contributed by atoms with Crippen LogP contribution in [0.3, 0.4) is 0 Å². The summed E-state index contributed by atoms with van der Waals surface area (Å²) in [4.78, 5) is 26.3. The number of imide groups is 1. The third kappa shape index (κ3) is 3.22. The van der Waals surface area contributed by atoms with Gasteiger partial charge in [-0.15, -0.1) is 0 Å². The van der Waals surface area contributed by atoms with Crippen molar-refractivity contribution in [3.63, 3.8) is 0 Å². The lowest BCUT2D eigenvalue weighted by atomic mass is 10.1. The van der Waals surface area contributed by atoms with Crippen molar-refractivity contribution >= 4 is 17.5 Å². The minimum Gasteiger partial charge on any atom is -0.333 e. The molecule has 1 aliphatic heterocycles. The molecule has 0 radical (unpaired) electrons. The molecule has 2 fully saturated rings. The third-order valence-corrected chi connectivity index (χ3v) is 4.88. The molecule has 1 saturated heterocycles. The predicted octanol–water partition coefficient (Wildman–Crippen LogP) is 1.91. The van der Waals surface area contributed by atoms with E-state index in [-0.39, 0.29) is 17.9 Å². The van der Waals surface area contributed by atoms with Crippen LogP contribution in [-0.4, -0.2) is 23.9 Å². The normalized spacial score (nSPS) is 23.9. The second-order valence-corrected chi connectivity index (χ2v) is 6.66. The zero-order valence-corrected chi connectivity index (χ0v) is 13.3. The van der Waals surface area contributed by atoms with Gasteiger partial charge in [0.1, 0.15) is 0 Å². The Morgan fingerprint density at radius 3 is 2.27 bits per heavy atom. The molecule has 1 aromatic rings. The molecule has 1 aliphatic carbocycles. The summed E-state index contributed by atoms with van der Waals surface area (Å²) < 4.78 is 0. The van der Waals surface area contributed by atoms with Crippen LogP contribution in [0.5, 0.6) is 0 Å². The van der Waals surface area contributed by atoms with E-state index in [1.807, 2.05) is 31.2 Å². The average molecular weight is 301 g/mol. The quantitative estimate of drug-likeness (QED) is 0.685. The summed E-state index contributed by atoms with van der Waals surface area (Å²) in [5.74, 6) is -0.109. The first-order chi connectivity index (χ1) is 10.6. The van der Waals surface area contributed by atoms with Crippen LogP contribution >= 0.6 is 0 Å². The summed E-state index contributed by atoms with van der Waals surface area (Å²) in [6.07, 6.45) is 7.78. The number of benzene rings is 1. The first-order valence-corrected chi connectivity index (χ1v) is 8.43. The number of carbonyl (C=O) groups excluding carboxylic acids is 2. The Kier molecular flexibility index (Phi) is 4.57. The molecule has 0 aromatic heterocycles. The van der Waals surface area contributed by atoms with Crippen molar-refractivity contribution in [2.75, 3.05) is 4.90 Å². The van der Waals surface area contributed by atoms with E-state index in [4.69, 9.17) is 0 Å². The minimum absolute atomic E-state index is 0.0434. The minimum atomic E-state index is -0.225. The van der Waals surface area contributed by atoms with Crippen molar-refractivity contribution in [1.82, 2.24) is 0 Å². The second kappa shape index (κ2) is 6.61. The fourth-order valence-corrected chi connectivity index (χ4v) is 3.60. The van der Waals surface area contributed by atoms with Gasteiger partial charge in [-0.05, 0) is 44.7 Å². The number of nitrogens with two attached hydrogens (primary N) is 1. The van der Waals surface area contributed by atoms with Gasteiger partial charge < -0.3 is 5.32 Å². The zero-order valence-electron chi connectivity index (χ0n) is 13.3. The topological polar surface area (TPSA) is 54.0 Å². The van der Waals surface area contributed by atoms with Crippen LogP contribution < -0.4 is 10.2 Å². The maximum absolute atomic E-state index is 12.6. The lowest BCUT2D eigenvalue weighted by molar-refractivity contribution is -0.708. The molecule has 1 atom stereocenters. The van der Waals surface area contributed by atoms with Crippen LogP contribution in [-0.2, 0) is 9.59 Å². The van der Waals surface area contributed by atoms with Gasteiger partial charge in [0.25, 0.3) is 5.91 Å². The molecule has 2 amide bonds. The molecule has 4 heteroatoms. The van der Waals surface area contributed by atoms with Crippen molar-refractivity contribution in [1.29, 1.82) is 0 Å². The molecule has 0 bridgehead atoms. The van der Waals surface area contributed by atoms with Gasteiger partial charge in [-0.2, -0.15) is 0 Å². The van der Waals surface area contributed by atoms with Crippen LogP contribution in [0.4, 0.5) is 5.69 Å². The Balaban J connectivity index is 1.69. The molecule has 3 rings (SSSR count). The van der Waals surface area contributed by atoms with Crippen molar-refractivity contribution in [2.24, 2.45) is 0 Å². The molecular weight excluding hydrogens is 276 g/mol. The highest BCUT2D eigenvalue weighted by Crippen LogP contribution is 2.22. The summed E-state index contributed by atoms with van der Waals surface area (Å²) in [6.45, 7) is 2.00. The highest BCUT2D eigenvalue weighted by Gasteiger charge is 2.43. The molecule has 1 heterocycles. The third-order valence-electron chi connectivity index (χ3n) is 4.88. The Morgan fingerprint density at radius 2 is 1.64 bits per heavy atom. The largest absolute Gasteiger partial charge is 0.333 e. The first kappa shape index (κ1) is 15.2. The number of amides is 2. The van der Waals surface area contributed by atoms with Crippen molar-refractivity contribution in [2.45, 2.75) is 64.0 Å². The monoisotopic (exact) mass is 301 g/mol. The fraction of sp³-hybridized carbons (Fsp3) is 0.556. The second-order valence-electron chi connectivity index (χ2n) is 6.66. The first-order valence-electron chi connectivity index (χ1n) is 8.43. The Hall–Kier alpha value is -1.68. The molecule has 1 aromatic carbocycles. The number of aryl methyl sites for hydroxylation is 1. The Labute approximate surface area is 131 Å². The van der Waals surface area contributed by atoms with Crippen LogP contribution in [0.15, 0.2) is 24.3 Å². The van der Waals surface area contributed by atoms with E-state index < -0.39 is 0 Å². The summed E-state index contributed by atoms with van der Waals surface area (Å²) in [7, 11) is 0. The number of hydrogen-bond acceptors (Lipinski definition) is 2. The molecule has 1 saturated carbocycles. The molecule has 0 unspecified atom stereocenters. The van der Waals surface area contributed by atoms with Gasteiger partial charge in [0.2, 0.25) is 5.91 Å². The highest BCUT2D eigenvalue weighted by molar-refractivity contribution is 6.21. The maximum atomic E-state index is 12.6. The van der Waals surface area contributed by atoms with Crippen molar-refractivity contribution < 1.29 is 14.9 Å². The predicted molar refractivity (Wildman–Crippen MR) is 85.5 cm³/mol. The molecule has 2 aliphatic rings. The Morgan fingerprint density at radius 1 is 1.00 bits per heavy atom.